The number of carbonyl (C=O) groups excluding carboxylic acids is 1. The Bertz CT molecular complexity index is 891. The molecule has 0 saturated carbocycles. The number of benzene rings is 1. The predicted molar refractivity (Wildman–Crippen MR) is 89.9 cm³/mol. The Hall–Kier alpha value is -3.29. The Labute approximate surface area is 144 Å². The molecule has 25 heavy (non-hydrogen) atoms. The summed E-state index contributed by atoms with van der Waals surface area (Å²) in [6.07, 6.45) is 1.42. The molecule has 0 atom stereocenters. The number of hydrogen-bond acceptors (Lipinski definition) is 8. The number of nitrogens with one attached hydrogen (secondary N) is 1. The van der Waals surface area contributed by atoms with E-state index >= 15 is 0 Å². The van der Waals surface area contributed by atoms with Crippen LogP contribution in [0.5, 0.6) is 11.5 Å². The van der Waals surface area contributed by atoms with Crippen molar-refractivity contribution in [3.05, 3.63) is 42.3 Å². The second-order valence-electron chi connectivity index (χ2n) is 5.24. The van der Waals surface area contributed by atoms with Crippen LogP contribution in [-0.2, 0) is 14.3 Å². The van der Waals surface area contributed by atoms with Crippen molar-refractivity contribution in [3.63, 3.8) is 0 Å². The molecule has 0 unspecified atom stereocenters. The monoisotopic (exact) mass is 343 g/mol. The second-order valence-corrected chi connectivity index (χ2v) is 5.24. The van der Waals surface area contributed by atoms with Gasteiger partial charge in [0.15, 0.2) is 23.0 Å². The van der Waals surface area contributed by atoms with E-state index in [1.54, 1.807) is 12.1 Å². The van der Waals surface area contributed by atoms with Gasteiger partial charge in [-0.2, -0.15) is 0 Å². The molecule has 1 aliphatic heterocycles. The fourth-order valence-corrected chi connectivity index (χ4v) is 2.42. The first kappa shape index (κ1) is 16.6. The van der Waals surface area contributed by atoms with Crippen molar-refractivity contribution < 1.29 is 23.7 Å². The average Bonchev–Trinajstić information content (AvgIpc) is 3.00. The van der Waals surface area contributed by atoms with Crippen LogP contribution >= 0.6 is 0 Å². The third-order valence-corrected chi connectivity index (χ3v) is 3.51. The Kier molecular flexibility index (Phi) is 4.42. The smallest absolute Gasteiger partial charge is 0.308 e. The summed E-state index contributed by atoms with van der Waals surface area (Å²) in [5.41, 5.74) is 1.32. The lowest BCUT2D eigenvalue weighted by molar-refractivity contribution is -0.132. The van der Waals surface area contributed by atoms with Crippen molar-refractivity contribution in [2.24, 2.45) is 0 Å². The molecule has 0 bridgehead atoms. The van der Waals surface area contributed by atoms with Gasteiger partial charge in [-0.25, -0.2) is 9.97 Å². The van der Waals surface area contributed by atoms with Gasteiger partial charge in [0.1, 0.15) is 12.1 Å². The quantitative estimate of drug-likeness (QED) is 0.669. The summed E-state index contributed by atoms with van der Waals surface area (Å²) >= 11 is 0. The molecule has 8 nitrogen and oxygen atoms in total. The Morgan fingerprint density at radius 1 is 1.24 bits per heavy atom. The fourth-order valence-electron chi connectivity index (χ4n) is 2.42. The minimum absolute atomic E-state index is 0.130. The second kappa shape index (κ2) is 6.68. The number of esters is 1. The maximum atomic E-state index is 11.3. The number of aromatic nitrogens is 2. The first-order chi connectivity index (χ1) is 12.0. The SMILES string of the molecule is C=C1OCO/C1=C(/C)Nc1ncnc2cc(OC)c(OC(C)=O)cc12. The van der Waals surface area contributed by atoms with Crippen molar-refractivity contribution in [1.82, 2.24) is 9.97 Å². The molecule has 3 rings (SSSR count). The van der Waals surface area contributed by atoms with Gasteiger partial charge in [-0.3, -0.25) is 4.79 Å². The number of anilines is 1. The van der Waals surface area contributed by atoms with Gasteiger partial charge in [0, 0.05) is 18.4 Å². The third kappa shape index (κ3) is 3.32. The predicted octanol–water partition coefficient (Wildman–Crippen LogP) is 2.73. The number of carbonyl (C=O) groups is 1. The molecule has 2 heterocycles. The summed E-state index contributed by atoms with van der Waals surface area (Å²) in [7, 11) is 1.49. The van der Waals surface area contributed by atoms with Crippen LogP contribution in [0.4, 0.5) is 5.82 Å². The van der Waals surface area contributed by atoms with Gasteiger partial charge in [0.2, 0.25) is 6.79 Å². The van der Waals surface area contributed by atoms with Gasteiger partial charge in [-0.15, -0.1) is 0 Å². The Morgan fingerprint density at radius 2 is 2.04 bits per heavy atom. The van der Waals surface area contributed by atoms with Gasteiger partial charge in [0.25, 0.3) is 0 Å². The number of fused-ring (bicyclic) bond motifs is 1. The number of allylic oxidation sites excluding steroid dienone is 1. The molecule has 8 heteroatoms. The van der Waals surface area contributed by atoms with Gasteiger partial charge in [-0.1, -0.05) is 6.58 Å². The zero-order valence-corrected chi connectivity index (χ0v) is 14.1. The molecule has 1 fully saturated rings. The Balaban J connectivity index is 2.06. The van der Waals surface area contributed by atoms with Crippen LogP contribution in [0.3, 0.4) is 0 Å². The van der Waals surface area contributed by atoms with E-state index in [0.717, 1.165) is 0 Å². The summed E-state index contributed by atoms with van der Waals surface area (Å²) in [4.78, 5) is 19.8. The molecule has 0 radical (unpaired) electrons. The largest absolute Gasteiger partial charge is 0.493 e. The van der Waals surface area contributed by atoms with Crippen LogP contribution < -0.4 is 14.8 Å². The summed E-state index contributed by atoms with van der Waals surface area (Å²) in [6.45, 7) is 7.05. The first-order valence-corrected chi connectivity index (χ1v) is 7.43. The lowest BCUT2D eigenvalue weighted by atomic mass is 10.2. The average molecular weight is 343 g/mol. The molecule has 0 aliphatic carbocycles. The number of ether oxygens (including phenoxy) is 4. The zero-order chi connectivity index (χ0) is 18.0. The van der Waals surface area contributed by atoms with E-state index in [0.29, 0.717) is 39.7 Å². The van der Waals surface area contributed by atoms with E-state index in [2.05, 4.69) is 21.9 Å². The normalized spacial score (nSPS) is 15.4. The summed E-state index contributed by atoms with van der Waals surface area (Å²) < 4.78 is 21.0. The van der Waals surface area contributed by atoms with Crippen LogP contribution in [0.2, 0.25) is 0 Å². The highest BCUT2D eigenvalue weighted by Crippen LogP contribution is 2.34. The van der Waals surface area contributed by atoms with Gasteiger partial charge in [-0.05, 0) is 13.0 Å². The highest BCUT2D eigenvalue weighted by atomic mass is 16.7. The molecule has 1 aliphatic rings. The molecule has 1 aromatic carbocycles. The minimum Gasteiger partial charge on any atom is -0.493 e. The van der Waals surface area contributed by atoms with Crippen LogP contribution in [0, 0.1) is 0 Å². The highest BCUT2D eigenvalue weighted by Gasteiger charge is 2.19. The maximum absolute atomic E-state index is 11.3. The van der Waals surface area contributed by atoms with Gasteiger partial charge >= 0.3 is 5.97 Å². The van der Waals surface area contributed by atoms with E-state index in [4.69, 9.17) is 18.9 Å². The van der Waals surface area contributed by atoms with E-state index in [-0.39, 0.29) is 12.5 Å². The summed E-state index contributed by atoms with van der Waals surface area (Å²) in [5, 5.41) is 3.81. The van der Waals surface area contributed by atoms with Crippen molar-refractivity contribution in [3.8, 4) is 11.5 Å². The topological polar surface area (TPSA) is 91.8 Å². The van der Waals surface area contributed by atoms with E-state index in [1.165, 1.54) is 20.4 Å². The van der Waals surface area contributed by atoms with Crippen molar-refractivity contribution in [2.75, 3.05) is 19.2 Å². The molecule has 0 spiro atoms. The summed E-state index contributed by atoms with van der Waals surface area (Å²) in [5.74, 6) is 1.74. The molecular formula is C17H17N3O5. The van der Waals surface area contributed by atoms with Crippen LogP contribution in [0.1, 0.15) is 13.8 Å². The molecule has 130 valence electrons. The highest BCUT2D eigenvalue weighted by molar-refractivity contribution is 5.92. The minimum atomic E-state index is -0.449. The molecule has 2 aromatic rings. The van der Waals surface area contributed by atoms with Gasteiger partial charge in [0.05, 0.1) is 18.3 Å². The molecule has 0 amide bonds. The number of nitrogens with zero attached hydrogens (tertiary/aromatic N) is 2. The third-order valence-electron chi connectivity index (χ3n) is 3.51. The lowest BCUT2D eigenvalue weighted by Gasteiger charge is -2.13. The number of hydrogen-bond donors (Lipinski definition) is 1. The zero-order valence-electron chi connectivity index (χ0n) is 14.1. The maximum Gasteiger partial charge on any atom is 0.308 e. The van der Waals surface area contributed by atoms with E-state index < -0.39 is 5.97 Å². The number of methoxy groups -OCH3 is 1. The van der Waals surface area contributed by atoms with Crippen LogP contribution in [0.15, 0.2) is 42.3 Å². The fraction of sp³-hybridized carbons (Fsp3) is 0.235. The van der Waals surface area contributed by atoms with Crippen molar-refractivity contribution in [1.29, 1.82) is 0 Å². The van der Waals surface area contributed by atoms with Gasteiger partial charge < -0.3 is 24.3 Å². The van der Waals surface area contributed by atoms with Crippen molar-refractivity contribution >= 4 is 22.7 Å². The molecular weight excluding hydrogens is 326 g/mol. The first-order valence-electron chi connectivity index (χ1n) is 7.43. The molecule has 1 saturated heterocycles. The summed E-state index contributed by atoms with van der Waals surface area (Å²) in [6, 6.07) is 3.33. The van der Waals surface area contributed by atoms with E-state index in [9.17, 15) is 4.79 Å². The molecule has 1 N–H and O–H groups in total. The Morgan fingerprint density at radius 3 is 2.68 bits per heavy atom. The van der Waals surface area contributed by atoms with E-state index in [1.807, 2.05) is 6.92 Å². The molecule has 1 aromatic heterocycles. The standard InChI is InChI=1S/C17H17N3O5/c1-9(16-10(2)23-8-24-16)20-17-12-5-15(25-11(3)21)14(22-4)6-13(12)18-7-19-17/h5-7H,2,8H2,1,3-4H3,(H,18,19,20)/b16-9-. The van der Waals surface area contributed by atoms with Crippen LogP contribution in [-0.4, -0.2) is 29.8 Å². The number of rotatable bonds is 4. The van der Waals surface area contributed by atoms with Crippen molar-refractivity contribution in [2.45, 2.75) is 13.8 Å². The van der Waals surface area contributed by atoms with Crippen LogP contribution in [0.25, 0.3) is 10.9 Å². The lowest BCUT2D eigenvalue weighted by Crippen LogP contribution is -2.06.